The summed E-state index contributed by atoms with van der Waals surface area (Å²) in [6.45, 7) is 1.95. The van der Waals surface area contributed by atoms with Crippen LogP contribution in [0.2, 0.25) is 5.02 Å². The molecule has 0 radical (unpaired) electrons. The molecule has 2 aromatic heterocycles. The molecule has 2 N–H and O–H groups in total. The fourth-order valence-electron chi connectivity index (χ4n) is 2.40. The predicted molar refractivity (Wildman–Crippen MR) is 114 cm³/mol. The zero-order valence-corrected chi connectivity index (χ0v) is 17.6. The van der Waals surface area contributed by atoms with Crippen molar-refractivity contribution < 1.29 is 14.3 Å². The molecule has 156 valence electrons. The van der Waals surface area contributed by atoms with Crippen LogP contribution in [0, 0.1) is 0 Å². The molecule has 3 rings (SSSR count). The summed E-state index contributed by atoms with van der Waals surface area (Å²) >= 11 is 7.32. The Kier molecular flexibility index (Phi) is 7.66. The number of nitrogens with one attached hydrogen (secondary N) is 2. The molecule has 0 unspecified atom stereocenters. The summed E-state index contributed by atoms with van der Waals surface area (Å²) in [7, 11) is 0. The van der Waals surface area contributed by atoms with Crippen molar-refractivity contribution in [1.82, 2.24) is 25.6 Å². The molecule has 0 fully saturated rings. The van der Waals surface area contributed by atoms with Gasteiger partial charge in [-0.25, -0.2) is 10.2 Å². The second-order valence-corrected chi connectivity index (χ2v) is 7.40. The molecule has 9 nitrogen and oxygen atoms in total. The number of carbonyl (C=O) groups excluding carboxylic acids is 2. The van der Waals surface area contributed by atoms with Crippen molar-refractivity contribution in [3.63, 3.8) is 0 Å². The summed E-state index contributed by atoms with van der Waals surface area (Å²) in [5.41, 5.74) is 4.64. The summed E-state index contributed by atoms with van der Waals surface area (Å²) in [6.07, 6.45) is 2.64. The fraction of sp³-hybridized carbons (Fsp3) is 0.211. The molecule has 2 amide bonds. The van der Waals surface area contributed by atoms with E-state index in [0.29, 0.717) is 21.7 Å². The second-order valence-electron chi connectivity index (χ2n) is 6.01. The summed E-state index contributed by atoms with van der Waals surface area (Å²) in [6, 6.07) is 11.0. The molecule has 0 atom stereocenters. The van der Waals surface area contributed by atoms with Gasteiger partial charge in [0.2, 0.25) is 11.0 Å². The highest BCUT2D eigenvalue weighted by Gasteiger charge is 2.13. The van der Waals surface area contributed by atoms with Crippen molar-refractivity contribution in [2.24, 2.45) is 0 Å². The number of nitrogens with zero attached hydrogens (tertiary/aromatic N) is 4. The van der Waals surface area contributed by atoms with Crippen molar-refractivity contribution >= 4 is 40.1 Å². The minimum atomic E-state index is -0.682. The van der Waals surface area contributed by atoms with E-state index in [0.717, 1.165) is 11.1 Å². The molecule has 0 bridgehead atoms. The van der Waals surface area contributed by atoms with Crippen LogP contribution >= 0.6 is 22.9 Å². The van der Waals surface area contributed by atoms with Crippen LogP contribution in [0.15, 0.2) is 48.8 Å². The lowest BCUT2D eigenvalue weighted by molar-refractivity contribution is -0.132. The number of anilines is 1. The summed E-state index contributed by atoms with van der Waals surface area (Å²) < 4.78 is 5.13. The molecule has 3 aromatic rings. The van der Waals surface area contributed by atoms with Gasteiger partial charge in [0.25, 0.3) is 0 Å². The lowest BCUT2D eigenvalue weighted by Gasteiger charge is -2.22. The summed E-state index contributed by atoms with van der Waals surface area (Å²) in [4.78, 5) is 27.8. The van der Waals surface area contributed by atoms with Gasteiger partial charge in [0.1, 0.15) is 6.61 Å². The number of benzene rings is 1. The third-order valence-corrected chi connectivity index (χ3v) is 5.15. The molecule has 0 saturated carbocycles. The largest absolute Gasteiger partial charge is 0.447 e. The lowest BCUT2D eigenvalue weighted by Crippen LogP contribution is -2.43. The maximum absolute atomic E-state index is 12.0. The van der Waals surface area contributed by atoms with Crippen LogP contribution in [0.1, 0.15) is 12.5 Å². The number of amides is 2. The number of halogens is 1. The first-order valence-electron chi connectivity index (χ1n) is 8.95. The van der Waals surface area contributed by atoms with E-state index in [9.17, 15) is 9.59 Å². The zero-order valence-electron chi connectivity index (χ0n) is 16.0. The molecule has 0 aliphatic heterocycles. The van der Waals surface area contributed by atoms with Gasteiger partial charge in [-0.05, 0) is 23.8 Å². The van der Waals surface area contributed by atoms with E-state index in [1.807, 2.05) is 24.3 Å². The standard InChI is InChI=1S/C19H19ClN6O3S/c1-13(27)26(22-12-14-5-2-3-7-16(14)20)9-10-29-19(28)23-18-25-24-17(30-18)15-6-4-8-21-11-15/h2-8,11,22H,9-10,12H2,1H3,(H,23,25,28). The number of pyridine rings is 1. The van der Waals surface area contributed by atoms with Gasteiger partial charge >= 0.3 is 6.09 Å². The number of hydrazine groups is 1. The molecular formula is C19H19ClN6O3S. The predicted octanol–water partition coefficient (Wildman–Crippen LogP) is 3.36. The number of hydrogen-bond donors (Lipinski definition) is 2. The SMILES string of the molecule is CC(=O)N(CCOC(=O)Nc1nnc(-c2cccnc2)s1)NCc1ccccc1Cl. The Labute approximate surface area is 182 Å². The first kappa shape index (κ1) is 21.6. The van der Waals surface area contributed by atoms with E-state index in [1.54, 1.807) is 24.5 Å². The van der Waals surface area contributed by atoms with Gasteiger partial charge in [0.05, 0.1) is 6.54 Å². The Morgan fingerprint density at radius 2 is 2.03 bits per heavy atom. The number of carbonyl (C=O) groups is 2. The number of aromatic nitrogens is 3. The Bertz CT molecular complexity index is 1000. The molecule has 0 saturated heterocycles. The molecule has 0 aliphatic rings. The van der Waals surface area contributed by atoms with Gasteiger partial charge in [-0.2, -0.15) is 0 Å². The Balaban J connectivity index is 1.45. The van der Waals surface area contributed by atoms with E-state index in [1.165, 1.54) is 23.3 Å². The Hall–Kier alpha value is -3.08. The average molecular weight is 447 g/mol. The van der Waals surface area contributed by atoms with Crippen molar-refractivity contribution in [3.8, 4) is 10.6 Å². The number of hydrogen-bond acceptors (Lipinski definition) is 8. The third kappa shape index (κ3) is 6.21. The van der Waals surface area contributed by atoms with Gasteiger partial charge in [-0.3, -0.25) is 20.1 Å². The van der Waals surface area contributed by atoms with Gasteiger partial charge in [-0.15, -0.1) is 10.2 Å². The molecule has 30 heavy (non-hydrogen) atoms. The monoisotopic (exact) mass is 446 g/mol. The maximum atomic E-state index is 12.0. The second kappa shape index (κ2) is 10.6. The van der Waals surface area contributed by atoms with E-state index >= 15 is 0 Å². The highest BCUT2D eigenvalue weighted by molar-refractivity contribution is 7.18. The maximum Gasteiger partial charge on any atom is 0.413 e. The van der Waals surface area contributed by atoms with Crippen LogP contribution in [0.5, 0.6) is 0 Å². The smallest absolute Gasteiger partial charge is 0.413 e. The van der Waals surface area contributed by atoms with Crippen LogP contribution in [-0.2, 0) is 16.1 Å². The Morgan fingerprint density at radius 1 is 1.20 bits per heavy atom. The summed E-state index contributed by atoms with van der Waals surface area (Å²) in [5, 5.41) is 13.4. The van der Waals surface area contributed by atoms with Crippen LogP contribution in [0.25, 0.3) is 10.6 Å². The first-order valence-corrected chi connectivity index (χ1v) is 10.1. The molecule has 0 spiro atoms. The molecular weight excluding hydrogens is 428 g/mol. The first-order chi connectivity index (χ1) is 14.5. The van der Waals surface area contributed by atoms with Crippen LogP contribution in [-0.4, -0.2) is 45.3 Å². The van der Waals surface area contributed by atoms with Crippen LogP contribution in [0.3, 0.4) is 0 Å². The van der Waals surface area contributed by atoms with E-state index in [-0.39, 0.29) is 19.1 Å². The van der Waals surface area contributed by atoms with E-state index in [2.05, 4.69) is 25.9 Å². The molecule has 1 aromatic carbocycles. The quantitative estimate of drug-likeness (QED) is 0.510. The van der Waals surface area contributed by atoms with Gasteiger partial charge < -0.3 is 4.74 Å². The molecule has 0 aliphatic carbocycles. The minimum absolute atomic E-state index is 0.00476. The number of ether oxygens (including phenoxy) is 1. The molecule has 11 heteroatoms. The van der Waals surface area contributed by atoms with E-state index < -0.39 is 6.09 Å². The lowest BCUT2D eigenvalue weighted by atomic mass is 10.2. The van der Waals surface area contributed by atoms with Crippen molar-refractivity contribution in [3.05, 3.63) is 59.4 Å². The minimum Gasteiger partial charge on any atom is -0.447 e. The van der Waals surface area contributed by atoms with Crippen LogP contribution in [0.4, 0.5) is 9.93 Å². The van der Waals surface area contributed by atoms with Gasteiger partial charge in [0, 0.05) is 36.4 Å². The van der Waals surface area contributed by atoms with Crippen molar-refractivity contribution in [1.29, 1.82) is 0 Å². The average Bonchev–Trinajstić information content (AvgIpc) is 3.20. The highest BCUT2D eigenvalue weighted by atomic mass is 35.5. The zero-order chi connectivity index (χ0) is 21.3. The Morgan fingerprint density at radius 3 is 2.77 bits per heavy atom. The fourth-order valence-corrected chi connectivity index (χ4v) is 3.32. The van der Waals surface area contributed by atoms with Gasteiger partial charge in [0.15, 0.2) is 5.01 Å². The van der Waals surface area contributed by atoms with Crippen molar-refractivity contribution in [2.75, 3.05) is 18.5 Å². The van der Waals surface area contributed by atoms with Crippen molar-refractivity contribution in [2.45, 2.75) is 13.5 Å². The summed E-state index contributed by atoms with van der Waals surface area (Å²) in [5.74, 6) is -0.212. The van der Waals surface area contributed by atoms with Crippen LogP contribution < -0.4 is 10.7 Å². The topological polar surface area (TPSA) is 109 Å². The highest BCUT2D eigenvalue weighted by Crippen LogP contribution is 2.25. The number of rotatable bonds is 8. The van der Waals surface area contributed by atoms with E-state index in [4.69, 9.17) is 16.3 Å². The normalized spacial score (nSPS) is 10.5. The third-order valence-electron chi connectivity index (χ3n) is 3.89. The molecule has 2 heterocycles. The van der Waals surface area contributed by atoms with Gasteiger partial charge in [-0.1, -0.05) is 41.1 Å².